The van der Waals surface area contributed by atoms with Gasteiger partial charge in [0.2, 0.25) is 0 Å². The summed E-state index contributed by atoms with van der Waals surface area (Å²) in [5.41, 5.74) is -0.988. The highest BCUT2D eigenvalue weighted by Crippen LogP contribution is 2.76. The summed E-state index contributed by atoms with van der Waals surface area (Å²) in [4.78, 5) is 3.88. The summed E-state index contributed by atoms with van der Waals surface area (Å²) in [6.45, 7) is -0.929. The number of nitrogens with zero attached hydrogens (tertiary/aromatic N) is 3. The van der Waals surface area contributed by atoms with Crippen molar-refractivity contribution in [2.24, 2.45) is 5.41 Å². The first-order valence-corrected chi connectivity index (χ1v) is 11.4. The van der Waals surface area contributed by atoms with Crippen molar-refractivity contribution in [3.8, 4) is 5.75 Å². The first-order valence-electron chi connectivity index (χ1n) is 11.4. The van der Waals surface area contributed by atoms with E-state index in [-0.39, 0.29) is 35.1 Å². The number of ether oxygens (including phenoxy) is 1. The van der Waals surface area contributed by atoms with E-state index in [9.17, 15) is 27.1 Å². The van der Waals surface area contributed by atoms with Crippen LogP contribution in [0.1, 0.15) is 36.8 Å². The Labute approximate surface area is 203 Å². The molecule has 3 aromatic rings. The van der Waals surface area contributed by atoms with Crippen LogP contribution in [0.15, 0.2) is 55.1 Å². The highest BCUT2D eigenvalue weighted by Gasteiger charge is 2.69. The summed E-state index contributed by atoms with van der Waals surface area (Å²) < 4.78 is 72.0. The molecular weight excluding hydrogens is 485 g/mol. The van der Waals surface area contributed by atoms with Crippen LogP contribution in [0.3, 0.4) is 0 Å². The molecule has 2 N–H and O–H groups in total. The van der Waals surface area contributed by atoms with E-state index < -0.39 is 36.1 Å². The van der Waals surface area contributed by atoms with E-state index in [4.69, 9.17) is 9.84 Å². The van der Waals surface area contributed by atoms with Crippen molar-refractivity contribution in [2.45, 2.75) is 55.5 Å². The van der Waals surface area contributed by atoms with Crippen LogP contribution in [0.5, 0.6) is 5.75 Å². The molecule has 1 heterocycles. The van der Waals surface area contributed by atoms with E-state index in [0.717, 1.165) is 37.0 Å². The highest BCUT2D eigenvalue weighted by molar-refractivity contribution is 5.42. The van der Waals surface area contributed by atoms with Gasteiger partial charge in [-0.05, 0) is 60.3 Å². The lowest BCUT2D eigenvalue weighted by Crippen LogP contribution is -2.66. The van der Waals surface area contributed by atoms with Gasteiger partial charge >= 0.3 is 6.18 Å². The molecule has 0 spiro atoms. The number of benzene rings is 2. The highest BCUT2D eigenvalue weighted by atomic mass is 19.4. The fraction of sp³-hybridized carbons (Fsp3) is 0.440. The maximum atomic E-state index is 14.7. The lowest BCUT2D eigenvalue weighted by molar-refractivity contribution is -0.210. The van der Waals surface area contributed by atoms with Crippen LogP contribution in [0.2, 0.25) is 0 Å². The molecule has 2 atom stereocenters. The first kappa shape index (κ1) is 24.6. The van der Waals surface area contributed by atoms with Crippen LogP contribution < -0.4 is 4.74 Å². The monoisotopic (exact) mass is 509 g/mol. The molecule has 3 aliphatic carbocycles. The molecule has 3 saturated carbocycles. The third kappa shape index (κ3) is 4.45. The molecule has 2 bridgehead atoms. The predicted octanol–water partition coefficient (Wildman–Crippen LogP) is 4.26. The van der Waals surface area contributed by atoms with Crippen molar-refractivity contribution >= 4 is 0 Å². The number of hydrogen-bond acceptors (Lipinski definition) is 5. The van der Waals surface area contributed by atoms with Gasteiger partial charge in [-0.25, -0.2) is 18.4 Å². The zero-order valence-corrected chi connectivity index (χ0v) is 19.1. The summed E-state index contributed by atoms with van der Waals surface area (Å²) in [7, 11) is 0. The average Bonchev–Trinajstić information content (AvgIpc) is 3.26. The number of hydrogen-bond donors (Lipinski definition) is 2. The van der Waals surface area contributed by atoms with Gasteiger partial charge in [-0.15, -0.1) is 0 Å². The minimum atomic E-state index is -4.74. The van der Waals surface area contributed by atoms with E-state index in [0.29, 0.717) is 0 Å². The van der Waals surface area contributed by atoms with Crippen molar-refractivity contribution in [3.05, 3.63) is 77.9 Å². The Kier molecular flexibility index (Phi) is 5.83. The van der Waals surface area contributed by atoms with Crippen LogP contribution in [-0.2, 0) is 17.6 Å². The van der Waals surface area contributed by atoms with Gasteiger partial charge < -0.3 is 14.9 Å². The lowest BCUT2D eigenvalue weighted by atomic mass is 9.32. The minimum absolute atomic E-state index is 0.000668. The summed E-state index contributed by atoms with van der Waals surface area (Å²) >= 11 is 0. The third-order valence-electron chi connectivity index (χ3n) is 7.38. The molecule has 0 aliphatic heterocycles. The number of rotatable bonds is 9. The fourth-order valence-corrected chi connectivity index (χ4v) is 5.97. The van der Waals surface area contributed by atoms with Gasteiger partial charge in [-0.2, -0.15) is 18.3 Å². The fourth-order valence-electron chi connectivity index (χ4n) is 5.97. The van der Waals surface area contributed by atoms with Crippen molar-refractivity contribution in [1.29, 1.82) is 0 Å². The standard InChI is InChI=1S/C25H24F5N3O3/c26-17-3-6-19(20(27)7-17)24(35,13-33-15-31-14-32-33)12-22-9-23(10-22,11-22)16-1-4-18(5-2-16)36-8-21(34)25(28,29)30/h1-7,14-15,21,34-35H,8-13H2/t21-,22?,23?,24-/m1/s1. The van der Waals surface area contributed by atoms with Crippen LogP contribution >= 0.6 is 0 Å². The van der Waals surface area contributed by atoms with E-state index in [1.165, 1.54) is 23.4 Å². The molecule has 6 rings (SSSR count). The van der Waals surface area contributed by atoms with E-state index in [2.05, 4.69) is 10.1 Å². The molecule has 0 unspecified atom stereocenters. The summed E-state index contributed by atoms with van der Waals surface area (Å²) in [6.07, 6.45) is -2.08. The van der Waals surface area contributed by atoms with Crippen LogP contribution in [0.25, 0.3) is 0 Å². The van der Waals surface area contributed by atoms with E-state index in [1.54, 1.807) is 24.3 Å². The zero-order chi connectivity index (χ0) is 25.8. The van der Waals surface area contributed by atoms with Gasteiger partial charge in [-0.3, -0.25) is 0 Å². The van der Waals surface area contributed by atoms with Crippen LogP contribution in [0, 0.1) is 17.0 Å². The number of aliphatic hydroxyl groups excluding tert-OH is 1. The Morgan fingerprint density at radius 1 is 1.06 bits per heavy atom. The first-order chi connectivity index (χ1) is 16.9. The summed E-state index contributed by atoms with van der Waals surface area (Å²) in [5.74, 6) is -1.34. The van der Waals surface area contributed by atoms with Gasteiger partial charge in [-0.1, -0.05) is 18.2 Å². The van der Waals surface area contributed by atoms with Crippen LogP contribution in [0.4, 0.5) is 22.0 Å². The molecule has 0 radical (unpaired) electrons. The Morgan fingerprint density at radius 3 is 2.33 bits per heavy atom. The molecule has 36 heavy (non-hydrogen) atoms. The largest absolute Gasteiger partial charge is 0.491 e. The maximum Gasteiger partial charge on any atom is 0.417 e. The Hall–Kier alpha value is -3.05. The molecular formula is C25H24F5N3O3. The molecule has 2 aromatic carbocycles. The summed E-state index contributed by atoms with van der Waals surface area (Å²) in [5, 5.41) is 24.7. The number of halogens is 5. The molecule has 3 aliphatic rings. The van der Waals surface area contributed by atoms with Gasteiger partial charge in [0.1, 0.15) is 42.2 Å². The number of aromatic nitrogens is 3. The van der Waals surface area contributed by atoms with Gasteiger partial charge in [0.25, 0.3) is 0 Å². The Balaban J connectivity index is 1.27. The molecule has 192 valence electrons. The van der Waals surface area contributed by atoms with Crippen molar-refractivity contribution < 1.29 is 36.9 Å². The Morgan fingerprint density at radius 2 is 1.75 bits per heavy atom. The molecule has 0 amide bonds. The van der Waals surface area contributed by atoms with Crippen molar-refractivity contribution in [1.82, 2.24) is 14.8 Å². The van der Waals surface area contributed by atoms with Crippen molar-refractivity contribution in [2.75, 3.05) is 6.61 Å². The van der Waals surface area contributed by atoms with Crippen LogP contribution in [-0.4, -0.2) is 43.9 Å². The normalized spacial score (nSPS) is 25.4. The molecule has 0 saturated heterocycles. The molecule has 11 heteroatoms. The SMILES string of the molecule is O[C@H](COc1ccc(C23CC(C[C@@](O)(Cn4cncn4)c4ccc(F)cc4F)(C2)C3)cc1)C(F)(F)F. The molecule has 6 nitrogen and oxygen atoms in total. The number of alkyl halides is 3. The Bertz CT molecular complexity index is 1210. The third-order valence-corrected chi connectivity index (χ3v) is 7.38. The smallest absolute Gasteiger partial charge is 0.417 e. The second-order valence-corrected chi connectivity index (χ2v) is 10.1. The minimum Gasteiger partial charge on any atom is -0.491 e. The quantitative estimate of drug-likeness (QED) is 0.422. The number of aliphatic hydroxyl groups is 2. The van der Waals surface area contributed by atoms with Gasteiger partial charge in [0.15, 0.2) is 6.10 Å². The predicted molar refractivity (Wildman–Crippen MR) is 117 cm³/mol. The lowest BCUT2D eigenvalue weighted by Gasteiger charge is -2.72. The second-order valence-electron chi connectivity index (χ2n) is 10.1. The topological polar surface area (TPSA) is 80.4 Å². The maximum absolute atomic E-state index is 14.7. The van der Waals surface area contributed by atoms with Crippen molar-refractivity contribution in [3.63, 3.8) is 0 Å². The zero-order valence-electron chi connectivity index (χ0n) is 19.1. The summed E-state index contributed by atoms with van der Waals surface area (Å²) in [6, 6.07) is 9.85. The molecule has 1 aromatic heterocycles. The molecule has 3 fully saturated rings. The average molecular weight is 509 g/mol. The van der Waals surface area contributed by atoms with Gasteiger partial charge in [0.05, 0.1) is 6.54 Å². The van der Waals surface area contributed by atoms with Gasteiger partial charge in [0, 0.05) is 11.6 Å². The van der Waals surface area contributed by atoms with E-state index in [1.807, 2.05) is 0 Å². The van der Waals surface area contributed by atoms with E-state index >= 15 is 0 Å². The second kappa shape index (κ2) is 8.52.